The van der Waals surface area contributed by atoms with E-state index in [1.165, 1.54) is 0 Å². The number of anilines is 1. The molecule has 1 aliphatic rings. The zero-order chi connectivity index (χ0) is 26.3. The van der Waals surface area contributed by atoms with E-state index in [0.717, 1.165) is 41.0 Å². The van der Waals surface area contributed by atoms with Crippen molar-refractivity contribution in [2.24, 2.45) is 0 Å². The van der Waals surface area contributed by atoms with Crippen LogP contribution in [-0.4, -0.2) is 43.7 Å². The molecule has 0 radical (unpaired) electrons. The Morgan fingerprint density at radius 1 is 1.08 bits per heavy atom. The Balaban J connectivity index is 1.38. The predicted octanol–water partition coefficient (Wildman–Crippen LogP) is 3.50. The first kappa shape index (κ1) is 25.1. The molecule has 38 heavy (non-hydrogen) atoms. The number of hydrogen-bond acceptors (Lipinski definition) is 7. The van der Waals surface area contributed by atoms with Crippen molar-refractivity contribution in [2.75, 3.05) is 18.9 Å². The molecule has 10 nitrogen and oxygen atoms in total. The second kappa shape index (κ2) is 11.6. The molecule has 196 valence electrons. The van der Waals surface area contributed by atoms with Crippen molar-refractivity contribution in [1.82, 2.24) is 29.9 Å². The number of nitrogens with zero attached hydrogens (tertiary/aromatic N) is 5. The number of rotatable bonds is 2. The molecule has 2 bridgehead atoms. The van der Waals surface area contributed by atoms with E-state index in [1.807, 2.05) is 36.0 Å². The van der Waals surface area contributed by atoms with E-state index in [1.54, 1.807) is 29.3 Å². The Hall–Kier alpha value is -4.60. The molecule has 10 heteroatoms. The van der Waals surface area contributed by atoms with Crippen molar-refractivity contribution in [2.45, 2.75) is 39.4 Å². The Morgan fingerprint density at radius 3 is 2.68 bits per heavy atom. The summed E-state index contributed by atoms with van der Waals surface area (Å²) in [6, 6.07) is 9.76. The van der Waals surface area contributed by atoms with E-state index in [4.69, 9.17) is 15.2 Å². The van der Waals surface area contributed by atoms with Crippen molar-refractivity contribution < 1.29 is 14.3 Å². The van der Waals surface area contributed by atoms with Gasteiger partial charge in [-0.2, -0.15) is 10.2 Å². The van der Waals surface area contributed by atoms with Crippen molar-refractivity contribution in [3.8, 4) is 11.5 Å². The lowest BCUT2D eigenvalue weighted by atomic mass is 10.1. The molecule has 3 N–H and O–H groups in total. The van der Waals surface area contributed by atoms with E-state index < -0.39 is 0 Å². The summed E-state index contributed by atoms with van der Waals surface area (Å²) in [4.78, 5) is 17.2. The minimum Gasteiger partial charge on any atom is -0.493 e. The Labute approximate surface area is 221 Å². The van der Waals surface area contributed by atoms with Crippen LogP contribution in [0.4, 0.5) is 5.82 Å². The minimum atomic E-state index is -0.231. The zero-order valence-electron chi connectivity index (χ0n) is 21.3. The number of aryl methyl sites for hydroxylation is 1. The average molecular weight is 514 g/mol. The van der Waals surface area contributed by atoms with Crippen LogP contribution in [0.1, 0.15) is 45.6 Å². The molecular weight excluding hydrogens is 482 g/mol. The number of carbonyl (C=O) groups is 1. The van der Waals surface area contributed by atoms with Gasteiger partial charge in [0.05, 0.1) is 38.1 Å². The normalized spacial score (nSPS) is 15.4. The molecule has 0 spiro atoms. The van der Waals surface area contributed by atoms with Crippen LogP contribution >= 0.6 is 0 Å². The number of benzene rings is 1. The lowest BCUT2D eigenvalue weighted by Gasteiger charge is -2.14. The number of ether oxygens (including phenoxy) is 2. The van der Waals surface area contributed by atoms with Crippen molar-refractivity contribution in [3.05, 3.63) is 95.2 Å². The fourth-order valence-corrected chi connectivity index (χ4v) is 4.30. The van der Waals surface area contributed by atoms with Crippen LogP contribution in [0.25, 0.3) is 0 Å². The Kier molecular flexibility index (Phi) is 7.67. The lowest BCUT2D eigenvalue weighted by molar-refractivity contribution is 0.0950. The molecule has 1 aromatic carbocycles. The third kappa shape index (κ3) is 6.20. The monoisotopic (exact) mass is 513 g/mol. The maximum Gasteiger partial charge on any atom is 0.254 e. The van der Waals surface area contributed by atoms with Crippen molar-refractivity contribution in [1.29, 1.82) is 0 Å². The van der Waals surface area contributed by atoms with Gasteiger partial charge in [0.1, 0.15) is 17.3 Å². The smallest absolute Gasteiger partial charge is 0.254 e. The maximum absolute atomic E-state index is 12.9. The predicted molar refractivity (Wildman–Crippen MR) is 143 cm³/mol. The molecule has 0 atom stereocenters. The summed E-state index contributed by atoms with van der Waals surface area (Å²) in [6.07, 6.45) is 12.7. The second-order valence-electron chi connectivity index (χ2n) is 9.11. The first-order valence-electron chi connectivity index (χ1n) is 12.6. The summed E-state index contributed by atoms with van der Waals surface area (Å²) in [5, 5.41) is 11.7. The third-order valence-electron chi connectivity index (χ3n) is 6.25. The van der Waals surface area contributed by atoms with Gasteiger partial charge in [0, 0.05) is 48.0 Å². The van der Waals surface area contributed by atoms with Gasteiger partial charge >= 0.3 is 0 Å². The highest BCUT2D eigenvalue weighted by atomic mass is 16.5. The molecule has 0 unspecified atom stereocenters. The molecule has 1 aliphatic heterocycles. The van der Waals surface area contributed by atoms with Crippen LogP contribution in [0.15, 0.2) is 67.3 Å². The summed E-state index contributed by atoms with van der Waals surface area (Å²) in [5.41, 5.74) is 10.00. The van der Waals surface area contributed by atoms with Gasteiger partial charge in [-0.1, -0.05) is 24.3 Å². The molecule has 5 rings (SSSR count). The quantitative estimate of drug-likeness (QED) is 0.394. The molecule has 0 fully saturated rings. The van der Waals surface area contributed by atoms with Crippen LogP contribution < -0.4 is 20.5 Å². The fraction of sp³-hybridized carbons (Fsp3) is 0.286. The summed E-state index contributed by atoms with van der Waals surface area (Å²) in [6.45, 7) is 4.26. The number of carbonyl (C=O) groups excluding carboxylic acids is 1. The summed E-state index contributed by atoms with van der Waals surface area (Å²) >= 11 is 0. The Morgan fingerprint density at radius 2 is 1.89 bits per heavy atom. The fourth-order valence-electron chi connectivity index (χ4n) is 4.30. The van der Waals surface area contributed by atoms with Gasteiger partial charge in [0.2, 0.25) is 0 Å². The van der Waals surface area contributed by atoms with Gasteiger partial charge in [0.15, 0.2) is 0 Å². The number of nitrogen functional groups attached to an aromatic ring is 1. The van der Waals surface area contributed by atoms with Gasteiger partial charge in [-0.15, -0.1) is 0 Å². The summed E-state index contributed by atoms with van der Waals surface area (Å²) < 4.78 is 15.8. The standard InChI is InChI=1S/C28H31N7O3/c1-20-24-16-30-28(36)23-15-32-35(19-23)18-22-8-7-21(17-34-10-6-9-31-34)13-25(22)37-11-4-2-3-5-12-38-26(24)14-27(29)33-20/h2-3,6-10,13-15,19H,4-5,11-12,16-18H2,1H3,(H2,29,33)(H,30,36)/b3-2+. The second-order valence-corrected chi connectivity index (χ2v) is 9.11. The third-order valence-corrected chi connectivity index (χ3v) is 6.25. The number of aromatic nitrogens is 5. The van der Waals surface area contributed by atoms with E-state index >= 15 is 0 Å². The van der Waals surface area contributed by atoms with Crippen molar-refractivity contribution in [3.63, 3.8) is 0 Å². The first-order chi connectivity index (χ1) is 18.5. The van der Waals surface area contributed by atoms with Crippen LogP contribution in [-0.2, 0) is 19.6 Å². The van der Waals surface area contributed by atoms with Gasteiger partial charge in [-0.25, -0.2) is 4.98 Å². The lowest BCUT2D eigenvalue weighted by Crippen LogP contribution is -2.23. The number of nitrogens with one attached hydrogen (secondary N) is 1. The molecular formula is C28H31N7O3. The first-order valence-corrected chi connectivity index (χ1v) is 12.6. The molecule has 4 aromatic rings. The van der Waals surface area contributed by atoms with E-state index in [-0.39, 0.29) is 12.5 Å². The van der Waals surface area contributed by atoms with Gasteiger partial charge in [-0.3, -0.25) is 14.2 Å². The topological polar surface area (TPSA) is 122 Å². The molecule has 1 amide bonds. The van der Waals surface area contributed by atoms with Crippen LogP contribution in [0.3, 0.4) is 0 Å². The van der Waals surface area contributed by atoms with Crippen LogP contribution in [0.5, 0.6) is 11.5 Å². The van der Waals surface area contributed by atoms with E-state index in [0.29, 0.717) is 43.4 Å². The zero-order valence-corrected chi connectivity index (χ0v) is 21.3. The average Bonchev–Trinajstić information content (AvgIpc) is 3.58. The maximum atomic E-state index is 12.9. The van der Waals surface area contributed by atoms with Gasteiger partial charge in [-0.05, 0) is 37.5 Å². The van der Waals surface area contributed by atoms with E-state index in [2.05, 4.69) is 38.7 Å². The highest BCUT2D eigenvalue weighted by Gasteiger charge is 2.15. The highest BCUT2D eigenvalue weighted by molar-refractivity contribution is 5.93. The number of pyridine rings is 1. The minimum absolute atomic E-state index is 0.231. The number of hydrogen-bond donors (Lipinski definition) is 2. The molecule has 0 saturated heterocycles. The van der Waals surface area contributed by atoms with Gasteiger partial charge < -0.3 is 20.5 Å². The molecule has 3 aromatic heterocycles. The van der Waals surface area contributed by atoms with Crippen LogP contribution in [0.2, 0.25) is 0 Å². The SMILES string of the molecule is Cc1nc(N)cc2c1CNC(=O)c1cnn(c1)Cc1ccc(Cn3cccn3)cc1OCC/C=C/CCO2. The Bertz CT molecular complexity index is 1430. The molecule has 0 aliphatic carbocycles. The number of fused-ring (bicyclic) bond motifs is 4. The van der Waals surface area contributed by atoms with E-state index in [9.17, 15) is 4.79 Å². The largest absolute Gasteiger partial charge is 0.493 e. The number of nitrogens with two attached hydrogens (primary N) is 1. The van der Waals surface area contributed by atoms with Crippen molar-refractivity contribution >= 4 is 11.7 Å². The summed E-state index contributed by atoms with van der Waals surface area (Å²) in [5.74, 6) is 1.57. The van der Waals surface area contributed by atoms with Crippen LogP contribution in [0, 0.1) is 6.92 Å². The number of amides is 1. The molecule has 4 heterocycles. The highest BCUT2D eigenvalue weighted by Crippen LogP contribution is 2.25. The summed E-state index contributed by atoms with van der Waals surface area (Å²) in [7, 11) is 0. The van der Waals surface area contributed by atoms with Gasteiger partial charge in [0.25, 0.3) is 5.91 Å². The molecule has 0 saturated carbocycles.